The van der Waals surface area contributed by atoms with Crippen LogP contribution in [-0.4, -0.2) is 45.7 Å². The predicted molar refractivity (Wildman–Crippen MR) is 85.9 cm³/mol. The van der Waals surface area contributed by atoms with Gasteiger partial charge < -0.3 is 31.2 Å². The third kappa shape index (κ3) is 3.70. The number of methoxy groups -OCH3 is 1. The SMILES string of the molecule is COC(=O)c1ccc(-c2c(N)nc(N)nc2O[C@@H](O)[C@@H](C)O)cc1. The number of carbonyl (C=O) groups excluding carboxylic acids is 1. The minimum absolute atomic E-state index is 0.0288. The lowest BCUT2D eigenvalue weighted by molar-refractivity contribution is -0.0976. The molecule has 1 heterocycles. The largest absolute Gasteiger partial charge is 0.465 e. The van der Waals surface area contributed by atoms with Crippen LogP contribution in [0.4, 0.5) is 11.8 Å². The van der Waals surface area contributed by atoms with Crippen LogP contribution < -0.4 is 16.2 Å². The fourth-order valence-corrected chi connectivity index (χ4v) is 1.93. The average Bonchev–Trinajstić information content (AvgIpc) is 2.53. The number of nitrogens with two attached hydrogens (primary N) is 2. The minimum Gasteiger partial charge on any atom is -0.465 e. The molecule has 9 nitrogen and oxygen atoms in total. The highest BCUT2D eigenvalue weighted by Gasteiger charge is 2.20. The van der Waals surface area contributed by atoms with Crippen LogP contribution in [0.2, 0.25) is 0 Å². The Morgan fingerprint density at radius 3 is 2.33 bits per heavy atom. The van der Waals surface area contributed by atoms with E-state index in [-0.39, 0.29) is 23.2 Å². The third-order valence-electron chi connectivity index (χ3n) is 3.16. The molecule has 1 aromatic carbocycles. The summed E-state index contributed by atoms with van der Waals surface area (Å²) < 4.78 is 9.86. The normalized spacial score (nSPS) is 13.2. The van der Waals surface area contributed by atoms with E-state index in [1.54, 1.807) is 12.1 Å². The van der Waals surface area contributed by atoms with E-state index in [2.05, 4.69) is 14.7 Å². The topological polar surface area (TPSA) is 154 Å². The Morgan fingerprint density at radius 2 is 1.79 bits per heavy atom. The van der Waals surface area contributed by atoms with Crippen LogP contribution in [0.5, 0.6) is 5.88 Å². The van der Waals surface area contributed by atoms with Crippen LogP contribution in [0.1, 0.15) is 17.3 Å². The van der Waals surface area contributed by atoms with Gasteiger partial charge in [0.2, 0.25) is 18.1 Å². The van der Waals surface area contributed by atoms with Crippen molar-refractivity contribution >= 4 is 17.7 Å². The Bertz CT molecular complexity index is 733. The molecule has 128 valence electrons. The number of aliphatic hydroxyl groups is 2. The minimum atomic E-state index is -1.52. The fourth-order valence-electron chi connectivity index (χ4n) is 1.93. The van der Waals surface area contributed by atoms with E-state index < -0.39 is 18.4 Å². The second-order valence-corrected chi connectivity index (χ2v) is 4.97. The summed E-state index contributed by atoms with van der Waals surface area (Å²) in [5.41, 5.74) is 12.6. The highest BCUT2D eigenvalue weighted by atomic mass is 16.6. The Kier molecular flexibility index (Phi) is 5.17. The number of aliphatic hydroxyl groups excluding tert-OH is 2. The molecular weight excluding hydrogens is 316 g/mol. The van der Waals surface area contributed by atoms with Crippen molar-refractivity contribution in [3.05, 3.63) is 29.8 Å². The van der Waals surface area contributed by atoms with Gasteiger partial charge in [0.1, 0.15) is 11.9 Å². The van der Waals surface area contributed by atoms with Crippen molar-refractivity contribution in [3.8, 4) is 17.0 Å². The van der Waals surface area contributed by atoms with Gasteiger partial charge in [0.15, 0.2) is 0 Å². The van der Waals surface area contributed by atoms with Gasteiger partial charge >= 0.3 is 5.97 Å². The van der Waals surface area contributed by atoms with Gasteiger partial charge in [-0.2, -0.15) is 9.97 Å². The molecule has 0 aliphatic heterocycles. The first-order valence-corrected chi connectivity index (χ1v) is 6.98. The van der Waals surface area contributed by atoms with Crippen molar-refractivity contribution in [2.75, 3.05) is 18.6 Å². The van der Waals surface area contributed by atoms with Gasteiger partial charge in [0.05, 0.1) is 18.2 Å². The summed E-state index contributed by atoms with van der Waals surface area (Å²) in [5.74, 6) is -0.681. The highest BCUT2D eigenvalue weighted by Crippen LogP contribution is 2.34. The number of aromatic nitrogens is 2. The molecule has 9 heteroatoms. The molecule has 0 saturated heterocycles. The summed E-state index contributed by atoms with van der Waals surface area (Å²) >= 11 is 0. The van der Waals surface area contributed by atoms with Gasteiger partial charge in [-0.05, 0) is 24.6 Å². The monoisotopic (exact) mass is 334 g/mol. The molecule has 24 heavy (non-hydrogen) atoms. The van der Waals surface area contributed by atoms with Gasteiger partial charge in [-0.15, -0.1) is 0 Å². The summed E-state index contributed by atoms with van der Waals surface area (Å²) in [6.45, 7) is 1.35. The zero-order valence-corrected chi connectivity index (χ0v) is 13.1. The molecule has 0 amide bonds. The van der Waals surface area contributed by atoms with Gasteiger partial charge in [-0.25, -0.2) is 4.79 Å². The number of hydrogen-bond donors (Lipinski definition) is 4. The van der Waals surface area contributed by atoms with Crippen molar-refractivity contribution in [1.29, 1.82) is 0 Å². The summed E-state index contributed by atoms with van der Waals surface area (Å²) in [5, 5.41) is 19.1. The van der Waals surface area contributed by atoms with Crippen molar-refractivity contribution in [3.63, 3.8) is 0 Å². The van der Waals surface area contributed by atoms with Gasteiger partial charge in [0, 0.05) is 0 Å². The number of nitrogens with zero attached hydrogens (tertiary/aromatic N) is 2. The maximum Gasteiger partial charge on any atom is 0.337 e. The van der Waals surface area contributed by atoms with Crippen molar-refractivity contribution in [2.24, 2.45) is 0 Å². The number of anilines is 2. The molecule has 1 aromatic heterocycles. The number of carbonyl (C=O) groups is 1. The lowest BCUT2D eigenvalue weighted by Gasteiger charge is -2.18. The molecule has 0 saturated carbocycles. The Hall–Kier alpha value is -2.91. The molecule has 0 bridgehead atoms. The van der Waals surface area contributed by atoms with Crippen LogP contribution in [-0.2, 0) is 4.74 Å². The van der Waals surface area contributed by atoms with E-state index in [9.17, 15) is 15.0 Å². The molecular formula is C15H18N4O5. The standard InChI is InChI=1S/C15H18N4O5/c1-7(20)13(21)24-12-10(11(16)18-15(17)19-12)8-3-5-9(6-4-8)14(22)23-2/h3-7,13,20-21H,1-2H3,(H4,16,17,18,19)/t7-,13-/m1/s1. The Morgan fingerprint density at radius 1 is 1.17 bits per heavy atom. The molecule has 0 fully saturated rings. The first-order valence-electron chi connectivity index (χ1n) is 6.98. The molecule has 0 radical (unpaired) electrons. The fraction of sp³-hybridized carbons (Fsp3) is 0.267. The van der Waals surface area contributed by atoms with Gasteiger partial charge in [-0.3, -0.25) is 0 Å². The van der Waals surface area contributed by atoms with Crippen LogP contribution in [0.3, 0.4) is 0 Å². The molecule has 0 aliphatic rings. The van der Waals surface area contributed by atoms with Crippen LogP contribution in [0, 0.1) is 0 Å². The smallest absolute Gasteiger partial charge is 0.337 e. The van der Waals surface area contributed by atoms with Crippen molar-refractivity contribution < 1.29 is 24.5 Å². The number of esters is 1. The highest BCUT2D eigenvalue weighted by molar-refractivity contribution is 5.90. The maximum atomic E-state index is 11.5. The Balaban J connectivity index is 2.46. The van der Waals surface area contributed by atoms with E-state index in [0.29, 0.717) is 11.1 Å². The average molecular weight is 334 g/mol. The molecule has 0 unspecified atom stereocenters. The number of benzene rings is 1. The van der Waals surface area contributed by atoms with E-state index in [1.165, 1.54) is 26.2 Å². The quantitative estimate of drug-likeness (QED) is 0.442. The van der Waals surface area contributed by atoms with Gasteiger partial charge in [0.25, 0.3) is 0 Å². The molecule has 2 atom stereocenters. The number of rotatable bonds is 5. The van der Waals surface area contributed by atoms with E-state index >= 15 is 0 Å². The van der Waals surface area contributed by atoms with E-state index in [4.69, 9.17) is 16.2 Å². The van der Waals surface area contributed by atoms with Crippen LogP contribution in [0.25, 0.3) is 11.1 Å². The van der Waals surface area contributed by atoms with Gasteiger partial charge in [-0.1, -0.05) is 12.1 Å². The summed E-state index contributed by atoms with van der Waals surface area (Å²) in [6.07, 6.45) is -2.68. The molecule has 0 spiro atoms. The van der Waals surface area contributed by atoms with Crippen LogP contribution in [0.15, 0.2) is 24.3 Å². The summed E-state index contributed by atoms with van der Waals surface area (Å²) in [7, 11) is 1.28. The first-order chi connectivity index (χ1) is 11.3. The zero-order chi connectivity index (χ0) is 17.9. The molecule has 6 N–H and O–H groups in total. The maximum absolute atomic E-state index is 11.5. The molecule has 2 aromatic rings. The zero-order valence-electron chi connectivity index (χ0n) is 13.1. The third-order valence-corrected chi connectivity index (χ3v) is 3.16. The Labute approximate surface area is 137 Å². The number of ether oxygens (including phenoxy) is 2. The van der Waals surface area contributed by atoms with Crippen molar-refractivity contribution in [2.45, 2.75) is 19.3 Å². The van der Waals surface area contributed by atoms with Crippen molar-refractivity contribution in [1.82, 2.24) is 9.97 Å². The van der Waals surface area contributed by atoms with E-state index in [0.717, 1.165) is 0 Å². The second kappa shape index (κ2) is 7.11. The second-order valence-electron chi connectivity index (χ2n) is 4.97. The summed E-state index contributed by atoms with van der Waals surface area (Å²) in [4.78, 5) is 19.3. The number of hydrogen-bond acceptors (Lipinski definition) is 9. The molecule has 0 aliphatic carbocycles. The lowest BCUT2D eigenvalue weighted by Crippen LogP contribution is -2.29. The summed E-state index contributed by atoms with van der Waals surface area (Å²) in [6, 6.07) is 6.26. The first kappa shape index (κ1) is 17.4. The van der Waals surface area contributed by atoms with E-state index in [1.807, 2.05) is 0 Å². The number of nitrogen functional groups attached to an aromatic ring is 2. The lowest BCUT2D eigenvalue weighted by atomic mass is 10.1. The predicted octanol–water partition coefficient (Wildman–Crippen LogP) is 0.173. The molecule has 2 rings (SSSR count). The van der Waals surface area contributed by atoms with Crippen LogP contribution >= 0.6 is 0 Å².